The van der Waals surface area contributed by atoms with Gasteiger partial charge in [-0.15, -0.1) is 0 Å². The van der Waals surface area contributed by atoms with Gasteiger partial charge in [0.2, 0.25) is 11.8 Å². The summed E-state index contributed by atoms with van der Waals surface area (Å²) in [4.78, 5) is 16.2. The van der Waals surface area contributed by atoms with E-state index in [1.807, 2.05) is 56.3 Å². The van der Waals surface area contributed by atoms with Gasteiger partial charge in [0.15, 0.2) is 10.7 Å². The zero-order valence-corrected chi connectivity index (χ0v) is 16.1. The lowest BCUT2D eigenvalue weighted by atomic mass is 10.2. The quantitative estimate of drug-likeness (QED) is 0.603. The molecule has 128 valence electrons. The average Bonchev–Trinajstić information content (AvgIpc) is 2.98. The summed E-state index contributed by atoms with van der Waals surface area (Å²) in [6, 6.07) is 13.2. The Labute approximate surface area is 158 Å². The van der Waals surface area contributed by atoms with Gasteiger partial charge >= 0.3 is 0 Å². The number of nitrogens with zero attached hydrogens (tertiary/aromatic N) is 1. The first kappa shape index (κ1) is 17.6. The summed E-state index contributed by atoms with van der Waals surface area (Å²) >= 11 is 8.60. The molecule has 0 radical (unpaired) electrons. The molecule has 0 atom stereocenters. The van der Waals surface area contributed by atoms with Crippen LogP contribution in [0.4, 0.5) is 5.69 Å². The number of nitrogens with one attached hydrogen (secondary N) is 2. The number of fused-ring (bicyclic) bond motifs is 1. The molecule has 2 aromatic carbocycles. The fourth-order valence-corrected chi connectivity index (χ4v) is 2.79. The van der Waals surface area contributed by atoms with Crippen LogP contribution in [0.25, 0.3) is 22.6 Å². The third kappa shape index (κ3) is 4.24. The average molecular weight is 418 g/mol. The van der Waals surface area contributed by atoms with Gasteiger partial charge in [0.05, 0.1) is 0 Å². The molecule has 0 saturated heterocycles. The zero-order chi connectivity index (χ0) is 18.0. The van der Waals surface area contributed by atoms with Crippen molar-refractivity contribution in [3.63, 3.8) is 0 Å². The number of hydrogen-bond donors (Lipinski definition) is 2. The van der Waals surface area contributed by atoms with Gasteiger partial charge in [-0.1, -0.05) is 35.8 Å². The van der Waals surface area contributed by atoms with Crippen LogP contribution in [0.2, 0.25) is 0 Å². The lowest BCUT2D eigenvalue weighted by molar-refractivity contribution is -0.122. The number of amides is 1. The molecule has 0 spiro atoms. The molecule has 3 rings (SSSR count). The first-order valence-electron chi connectivity index (χ1n) is 7.71. The normalized spacial score (nSPS) is 10.9. The van der Waals surface area contributed by atoms with Crippen molar-refractivity contribution >= 4 is 56.0 Å². The number of benzene rings is 2. The monoisotopic (exact) mass is 417 g/mol. The highest BCUT2D eigenvalue weighted by Crippen LogP contribution is 2.27. The van der Waals surface area contributed by atoms with Crippen molar-refractivity contribution in [2.24, 2.45) is 5.92 Å². The Hall–Kier alpha value is -2.25. The molecule has 0 fully saturated rings. The molecule has 1 amide bonds. The summed E-state index contributed by atoms with van der Waals surface area (Å²) in [5.74, 6) is 0.284. The van der Waals surface area contributed by atoms with Crippen molar-refractivity contribution in [2.45, 2.75) is 13.8 Å². The number of hydrogen-bond acceptors (Lipinski definition) is 4. The summed E-state index contributed by atoms with van der Waals surface area (Å²) in [5, 5.41) is 5.89. The molecule has 0 saturated carbocycles. The molecule has 0 unspecified atom stereocenters. The summed E-state index contributed by atoms with van der Waals surface area (Å²) in [5.41, 5.74) is 3.01. The first-order valence-corrected chi connectivity index (χ1v) is 8.91. The van der Waals surface area contributed by atoms with Crippen LogP contribution in [0, 0.1) is 5.92 Å². The minimum Gasteiger partial charge on any atom is -0.436 e. The maximum absolute atomic E-state index is 11.7. The minimum atomic E-state index is -0.134. The van der Waals surface area contributed by atoms with Crippen LogP contribution in [0.3, 0.4) is 0 Å². The van der Waals surface area contributed by atoms with Crippen molar-refractivity contribution in [3.8, 4) is 11.5 Å². The molecule has 0 bridgehead atoms. The SMILES string of the molecule is CC(C)C(=O)NC(=S)Nc1ccc2oc(-c3cccc(Br)c3)nc2c1. The fourth-order valence-electron chi connectivity index (χ4n) is 2.17. The third-order valence-corrected chi connectivity index (χ3v) is 4.18. The second kappa shape index (κ2) is 7.33. The Balaban J connectivity index is 1.81. The summed E-state index contributed by atoms with van der Waals surface area (Å²) < 4.78 is 6.76. The Morgan fingerprint density at radius 2 is 2.04 bits per heavy atom. The Morgan fingerprint density at radius 3 is 2.76 bits per heavy atom. The highest BCUT2D eigenvalue weighted by molar-refractivity contribution is 9.10. The molecule has 0 aliphatic heterocycles. The van der Waals surface area contributed by atoms with E-state index < -0.39 is 0 Å². The Morgan fingerprint density at radius 1 is 1.24 bits per heavy atom. The zero-order valence-electron chi connectivity index (χ0n) is 13.7. The predicted octanol–water partition coefficient (Wildman–Crippen LogP) is 4.73. The number of carbonyl (C=O) groups is 1. The van der Waals surface area contributed by atoms with Crippen molar-refractivity contribution in [2.75, 3.05) is 5.32 Å². The van der Waals surface area contributed by atoms with Crippen LogP contribution in [-0.2, 0) is 4.79 Å². The largest absolute Gasteiger partial charge is 0.436 e. The van der Waals surface area contributed by atoms with Gasteiger partial charge in [-0.25, -0.2) is 4.98 Å². The highest BCUT2D eigenvalue weighted by Gasteiger charge is 2.11. The number of aromatic nitrogens is 1. The van der Waals surface area contributed by atoms with Crippen LogP contribution < -0.4 is 10.6 Å². The molecular weight excluding hydrogens is 402 g/mol. The van der Waals surface area contributed by atoms with E-state index in [1.165, 1.54) is 0 Å². The molecule has 5 nitrogen and oxygen atoms in total. The van der Waals surface area contributed by atoms with Crippen LogP contribution in [-0.4, -0.2) is 16.0 Å². The van der Waals surface area contributed by atoms with Crippen molar-refractivity contribution in [1.82, 2.24) is 10.3 Å². The number of anilines is 1. The molecule has 25 heavy (non-hydrogen) atoms. The molecule has 2 N–H and O–H groups in total. The van der Waals surface area contributed by atoms with Gasteiger partial charge in [-0.3, -0.25) is 4.79 Å². The third-order valence-electron chi connectivity index (χ3n) is 3.48. The van der Waals surface area contributed by atoms with E-state index in [1.54, 1.807) is 0 Å². The van der Waals surface area contributed by atoms with E-state index in [-0.39, 0.29) is 16.9 Å². The van der Waals surface area contributed by atoms with Crippen molar-refractivity contribution in [3.05, 3.63) is 46.9 Å². The Kier molecular flexibility index (Phi) is 5.15. The molecule has 0 aliphatic rings. The maximum atomic E-state index is 11.7. The van der Waals surface area contributed by atoms with Crippen molar-refractivity contribution in [1.29, 1.82) is 0 Å². The van der Waals surface area contributed by atoms with Crippen LogP contribution in [0.15, 0.2) is 51.4 Å². The van der Waals surface area contributed by atoms with E-state index in [9.17, 15) is 4.79 Å². The van der Waals surface area contributed by atoms with Gasteiger partial charge in [-0.05, 0) is 48.6 Å². The lowest BCUT2D eigenvalue weighted by Gasteiger charge is -2.10. The number of rotatable bonds is 3. The molecular formula is C18H16BrN3O2S. The van der Waals surface area contributed by atoms with Gasteiger partial charge in [0, 0.05) is 21.6 Å². The number of carbonyl (C=O) groups excluding carboxylic acids is 1. The maximum Gasteiger partial charge on any atom is 0.228 e. The summed E-state index contributed by atoms with van der Waals surface area (Å²) in [6.45, 7) is 3.62. The van der Waals surface area contributed by atoms with Crippen LogP contribution >= 0.6 is 28.1 Å². The van der Waals surface area contributed by atoms with Gasteiger partial charge < -0.3 is 15.1 Å². The summed E-state index contributed by atoms with van der Waals surface area (Å²) in [6.07, 6.45) is 0. The van der Waals surface area contributed by atoms with Gasteiger partial charge in [0.1, 0.15) is 5.52 Å². The number of oxazole rings is 1. The van der Waals surface area contributed by atoms with E-state index in [2.05, 4.69) is 31.5 Å². The van der Waals surface area contributed by atoms with Gasteiger partial charge in [0.25, 0.3) is 0 Å². The van der Waals surface area contributed by atoms with E-state index >= 15 is 0 Å². The number of thiocarbonyl (C=S) groups is 1. The highest BCUT2D eigenvalue weighted by atomic mass is 79.9. The topological polar surface area (TPSA) is 67.2 Å². The fraction of sp³-hybridized carbons (Fsp3) is 0.167. The second-order valence-corrected chi connectivity index (χ2v) is 7.13. The standard InChI is InChI=1S/C18H16BrN3O2S/c1-10(2)16(23)22-18(25)20-13-6-7-15-14(9-13)21-17(24-15)11-4-3-5-12(19)8-11/h3-10H,1-2H3,(H2,20,22,23,25). The van der Waals surface area contributed by atoms with E-state index in [0.29, 0.717) is 17.0 Å². The molecule has 1 heterocycles. The van der Waals surface area contributed by atoms with Crippen LogP contribution in [0.5, 0.6) is 0 Å². The first-order chi connectivity index (χ1) is 11.9. The van der Waals surface area contributed by atoms with E-state index in [0.717, 1.165) is 15.7 Å². The summed E-state index contributed by atoms with van der Waals surface area (Å²) in [7, 11) is 0. The van der Waals surface area contributed by atoms with Crippen molar-refractivity contribution < 1.29 is 9.21 Å². The van der Waals surface area contributed by atoms with E-state index in [4.69, 9.17) is 16.6 Å². The molecule has 7 heteroatoms. The lowest BCUT2D eigenvalue weighted by Crippen LogP contribution is -2.36. The van der Waals surface area contributed by atoms with Crippen LogP contribution in [0.1, 0.15) is 13.8 Å². The molecule has 3 aromatic rings. The molecule has 1 aromatic heterocycles. The second-order valence-electron chi connectivity index (χ2n) is 5.81. The Bertz CT molecular complexity index is 952. The predicted molar refractivity (Wildman–Crippen MR) is 106 cm³/mol. The van der Waals surface area contributed by atoms with Gasteiger partial charge in [-0.2, -0.15) is 0 Å². The number of halogens is 1. The minimum absolute atomic E-state index is 0.128. The molecule has 0 aliphatic carbocycles. The smallest absolute Gasteiger partial charge is 0.228 e.